The largest absolute Gasteiger partial charge is 0.480 e. The van der Waals surface area contributed by atoms with Crippen LogP contribution in [0, 0.1) is 11.8 Å². The molecule has 2 aliphatic rings. The number of carboxylic acids is 1. The number of carbonyl (C=O) groups is 1. The molecule has 0 aromatic heterocycles. The van der Waals surface area contributed by atoms with Crippen molar-refractivity contribution in [2.45, 2.75) is 50.4 Å². The number of hydrogen-bond acceptors (Lipinski definition) is 4. The predicted molar refractivity (Wildman–Crippen MR) is 59.5 cm³/mol. The molecule has 5 heteroatoms. The summed E-state index contributed by atoms with van der Waals surface area (Å²) in [6, 6.07) is 0. The predicted octanol–water partition coefficient (Wildman–Crippen LogP) is 0.388. The molecule has 0 aliphatic heterocycles. The Morgan fingerprint density at radius 1 is 1.18 bits per heavy atom. The smallest absolute Gasteiger partial charge is 0.329 e. The minimum atomic E-state index is -0.955. The van der Waals surface area contributed by atoms with Crippen LogP contribution in [0.25, 0.3) is 0 Å². The van der Waals surface area contributed by atoms with Gasteiger partial charge in [0.15, 0.2) is 0 Å². The number of hydrogen-bond donors (Lipinski definition) is 3. The first-order chi connectivity index (χ1) is 8.08. The van der Waals surface area contributed by atoms with Crippen molar-refractivity contribution in [3.05, 3.63) is 0 Å². The van der Waals surface area contributed by atoms with E-state index in [9.17, 15) is 15.0 Å². The molecule has 2 aliphatic carbocycles. The van der Waals surface area contributed by atoms with Gasteiger partial charge < -0.3 is 20.1 Å². The Bertz CT molecular complexity index is 280. The molecular formula is C12H20O5. The molecular weight excluding hydrogens is 224 g/mol. The number of aliphatic carboxylic acids is 1. The zero-order chi connectivity index (χ0) is 12.4. The fraction of sp³-hybridized carbons (Fsp3) is 0.917. The highest BCUT2D eigenvalue weighted by molar-refractivity contribution is 5.68. The topological polar surface area (TPSA) is 87.0 Å². The first-order valence-electron chi connectivity index (χ1n) is 6.27. The number of ether oxygens (including phenoxy) is 1. The highest BCUT2D eigenvalue weighted by atomic mass is 16.5. The molecule has 5 nitrogen and oxygen atoms in total. The third-order valence-corrected chi connectivity index (χ3v) is 4.07. The van der Waals surface area contributed by atoms with Gasteiger partial charge in [0.2, 0.25) is 0 Å². The normalized spacial score (nSPS) is 41.9. The average molecular weight is 244 g/mol. The monoisotopic (exact) mass is 244 g/mol. The second kappa shape index (κ2) is 5.33. The zero-order valence-corrected chi connectivity index (χ0v) is 9.79. The molecule has 17 heavy (non-hydrogen) atoms. The van der Waals surface area contributed by atoms with E-state index in [-0.39, 0.29) is 18.6 Å². The molecule has 0 bridgehead atoms. The molecule has 0 heterocycles. The molecule has 0 saturated heterocycles. The summed E-state index contributed by atoms with van der Waals surface area (Å²) in [5.74, 6) is -0.397. The molecule has 2 fully saturated rings. The van der Waals surface area contributed by atoms with Crippen LogP contribution < -0.4 is 0 Å². The number of carboxylic acid groups (broad SMARTS) is 1. The molecule has 2 rings (SSSR count). The van der Waals surface area contributed by atoms with Gasteiger partial charge in [-0.2, -0.15) is 0 Å². The number of aliphatic hydroxyl groups is 2. The Kier molecular flexibility index (Phi) is 4.01. The van der Waals surface area contributed by atoms with E-state index >= 15 is 0 Å². The van der Waals surface area contributed by atoms with Gasteiger partial charge in [0, 0.05) is 0 Å². The number of fused-ring (bicyclic) bond motifs is 1. The fourth-order valence-corrected chi connectivity index (χ4v) is 3.24. The van der Waals surface area contributed by atoms with Gasteiger partial charge in [-0.3, -0.25) is 0 Å². The lowest BCUT2D eigenvalue weighted by Crippen LogP contribution is -2.46. The summed E-state index contributed by atoms with van der Waals surface area (Å²) in [6.07, 6.45) is 2.65. The molecule has 0 spiro atoms. The van der Waals surface area contributed by atoms with Gasteiger partial charge in [-0.25, -0.2) is 4.79 Å². The van der Waals surface area contributed by atoms with Crippen molar-refractivity contribution in [2.24, 2.45) is 11.8 Å². The van der Waals surface area contributed by atoms with Gasteiger partial charge >= 0.3 is 5.97 Å². The summed E-state index contributed by atoms with van der Waals surface area (Å²) in [4.78, 5) is 10.5. The van der Waals surface area contributed by atoms with Gasteiger partial charge in [0.25, 0.3) is 0 Å². The second-order valence-electron chi connectivity index (χ2n) is 5.20. The third-order valence-electron chi connectivity index (χ3n) is 4.07. The van der Waals surface area contributed by atoms with Crippen molar-refractivity contribution in [3.8, 4) is 0 Å². The molecule has 0 radical (unpaired) electrons. The van der Waals surface area contributed by atoms with E-state index in [2.05, 4.69) is 0 Å². The Hall–Kier alpha value is -0.650. The van der Waals surface area contributed by atoms with E-state index in [0.29, 0.717) is 18.8 Å². The minimum Gasteiger partial charge on any atom is -0.480 e. The van der Waals surface area contributed by atoms with E-state index in [0.717, 1.165) is 19.3 Å². The van der Waals surface area contributed by atoms with Crippen LogP contribution in [0.1, 0.15) is 32.1 Å². The van der Waals surface area contributed by atoms with Crippen LogP contribution in [0.4, 0.5) is 0 Å². The van der Waals surface area contributed by atoms with E-state index in [1.165, 1.54) is 0 Å². The molecule has 0 unspecified atom stereocenters. The van der Waals surface area contributed by atoms with Gasteiger partial charge in [-0.15, -0.1) is 0 Å². The number of rotatable bonds is 3. The maximum atomic E-state index is 10.5. The maximum absolute atomic E-state index is 10.5. The number of aliphatic hydroxyl groups excluding tert-OH is 2. The molecule has 2 saturated carbocycles. The first kappa shape index (κ1) is 12.8. The quantitative estimate of drug-likeness (QED) is 0.668. The van der Waals surface area contributed by atoms with Crippen LogP contribution in [0.2, 0.25) is 0 Å². The van der Waals surface area contributed by atoms with E-state index in [1.54, 1.807) is 0 Å². The SMILES string of the molecule is O=C(O)CO[C@H]1CCC[C@@H]2C[C@@H](O)[C@@H](O)C[C@@H]21. The van der Waals surface area contributed by atoms with Crippen molar-refractivity contribution in [2.75, 3.05) is 6.61 Å². The standard InChI is InChI=1S/C12H20O5/c13-9-4-7-2-1-3-11(17-6-12(15)16)8(7)5-10(9)14/h7-11,13-14H,1-6H2,(H,15,16)/t7-,8+,9-,10+,11+/m1/s1. The van der Waals surface area contributed by atoms with E-state index < -0.39 is 18.2 Å². The third kappa shape index (κ3) is 2.97. The van der Waals surface area contributed by atoms with Crippen LogP contribution in [0.15, 0.2) is 0 Å². The summed E-state index contributed by atoms with van der Waals surface area (Å²) in [5.41, 5.74) is 0. The zero-order valence-electron chi connectivity index (χ0n) is 9.79. The summed E-state index contributed by atoms with van der Waals surface area (Å²) in [5, 5.41) is 27.9. The molecule has 0 amide bonds. The van der Waals surface area contributed by atoms with E-state index in [1.807, 2.05) is 0 Å². The van der Waals surface area contributed by atoms with Crippen LogP contribution in [0.3, 0.4) is 0 Å². The molecule has 0 aromatic rings. The lowest BCUT2D eigenvalue weighted by molar-refractivity contribution is -0.151. The van der Waals surface area contributed by atoms with Crippen molar-refractivity contribution < 1.29 is 24.9 Å². The highest BCUT2D eigenvalue weighted by Gasteiger charge is 2.41. The minimum absolute atomic E-state index is 0.0769. The van der Waals surface area contributed by atoms with Gasteiger partial charge in [-0.05, 0) is 37.5 Å². The molecule has 98 valence electrons. The molecule has 0 aromatic carbocycles. The summed E-state index contributed by atoms with van der Waals surface area (Å²) in [7, 11) is 0. The van der Waals surface area contributed by atoms with Crippen LogP contribution in [-0.2, 0) is 9.53 Å². The summed E-state index contributed by atoms with van der Waals surface area (Å²) >= 11 is 0. The van der Waals surface area contributed by atoms with E-state index in [4.69, 9.17) is 9.84 Å². The maximum Gasteiger partial charge on any atom is 0.329 e. The van der Waals surface area contributed by atoms with Crippen LogP contribution in [0.5, 0.6) is 0 Å². The summed E-state index contributed by atoms with van der Waals surface area (Å²) < 4.78 is 5.41. The molecule has 5 atom stereocenters. The summed E-state index contributed by atoms with van der Waals surface area (Å²) in [6.45, 7) is -0.271. The second-order valence-corrected chi connectivity index (χ2v) is 5.20. The first-order valence-corrected chi connectivity index (χ1v) is 6.27. The fourth-order valence-electron chi connectivity index (χ4n) is 3.24. The highest BCUT2D eigenvalue weighted by Crippen LogP contribution is 2.41. The lowest BCUT2D eigenvalue weighted by Gasteiger charge is -2.44. The Morgan fingerprint density at radius 2 is 1.88 bits per heavy atom. The average Bonchev–Trinajstić information content (AvgIpc) is 2.28. The molecule has 3 N–H and O–H groups in total. The van der Waals surface area contributed by atoms with Crippen molar-refractivity contribution in [1.82, 2.24) is 0 Å². The van der Waals surface area contributed by atoms with Gasteiger partial charge in [0.1, 0.15) is 6.61 Å². The Morgan fingerprint density at radius 3 is 2.59 bits per heavy atom. The Balaban J connectivity index is 1.95. The lowest BCUT2D eigenvalue weighted by atomic mass is 9.67. The van der Waals surface area contributed by atoms with Gasteiger partial charge in [0.05, 0.1) is 18.3 Å². The van der Waals surface area contributed by atoms with Crippen LogP contribution >= 0.6 is 0 Å². The van der Waals surface area contributed by atoms with Crippen molar-refractivity contribution in [3.63, 3.8) is 0 Å². The van der Waals surface area contributed by atoms with Crippen molar-refractivity contribution in [1.29, 1.82) is 0 Å². The van der Waals surface area contributed by atoms with Crippen molar-refractivity contribution >= 4 is 5.97 Å². The van der Waals surface area contributed by atoms with Gasteiger partial charge in [-0.1, -0.05) is 6.42 Å². The van der Waals surface area contributed by atoms with Crippen LogP contribution in [-0.4, -0.2) is 46.2 Å². The Labute approximate surface area is 100 Å².